The second-order valence-electron chi connectivity index (χ2n) is 7.98. The highest BCUT2D eigenvalue weighted by Crippen LogP contribution is 2.33. The average molecular weight is 450 g/mol. The van der Waals surface area contributed by atoms with Crippen LogP contribution in [0, 0.1) is 0 Å². The molecule has 5 aromatic rings. The van der Waals surface area contributed by atoms with E-state index in [0.29, 0.717) is 0 Å². The van der Waals surface area contributed by atoms with Crippen molar-refractivity contribution in [3.63, 3.8) is 0 Å². The van der Waals surface area contributed by atoms with E-state index < -0.39 is 5.91 Å². The lowest BCUT2D eigenvalue weighted by Gasteiger charge is -2.08. The number of pyridine rings is 2. The number of hydrogen-bond acceptors (Lipinski definition) is 5. The molecule has 4 heterocycles. The third-order valence-electron chi connectivity index (χ3n) is 5.63. The normalized spacial score (nSPS) is 11.4. The molecule has 0 saturated carbocycles. The minimum Gasteiger partial charge on any atom is -0.373 e. The van der Waals surface area contributed by atoms with E-state index >= 15 is 0 Å². The van der Waals surface area contributed by atoms with Gasteiger partial charge in [0.15, 0.2) is 0 Å². The zero-order valence-electron chi connectivity index (χ0n) is 18.8. The average Bonchev–Trinajstić information content (AvgIpc) is 3.48. The Hall–Kier alpha value is -4.72. The van der Waals surface area contributed by atoms with Crippen LogP contribution in [-0.4, -0.2) is 37.7 Å². The molecule has 4 N–H and O–H groups in total. The number of fused-ring (bicyclic) bond motifs is 1. The maximum absolute atomic E-state index is 11.3. The molecule has 0 spiro atoms. The van der Waals surface area contributed by atoms with Crippen molar-refractivity contribution in [1.29, 1.82) is 0 Å². The molecule has 0 aliphatic rings. The van der Waals surface area contributed by atoms with Gasteiger partial charge in [0.1, 0.15) is 11.5 Å². The number of amides is 1. The molecule has 34 heavy (non-hydrogen) atoms. The Bertz CT molecular complexity index is 1540. The quantitative estimate of drug-likeness (QED) is 0.336. The van der Waals surface area contributed by atoms with Crippen molar-refractivity contribution < 1.29 is 4.79 Å². The number of nitrogens with zero attached hydrogens (tertiary/aromatic N) is 4. The number of anilines is 1. The van der Waals surface area contributed by atoms with Gasteiger partial charge in [0.2, 0.25) is 5.91 Å². The van der Waals surface area contributed by atoms with Gasteiger partial charge in [-0.15, -0.1) is 0 Å². The van der Waals surface area contributed by atoms with E-state index in [4.69, 9.17) is 5.73 Å². The van der Waals surface area contributed by atoms with Crippen LogP contribution < -0.4 is 11.1 Å². The van der Waals surface area contributed by atoms with Crippen LogP contribution in [0.4, 0.5) is 5.82 Å². The lowest BCUT2D eigenvalue weighted by atomic mass is 9.97. The number of carbonyl (C=O) groups is 1. The summed E-state index contributed by atoms with van der Waals surface area (Å²) in [5.41, 5.74) is 13.0. The molecule has 8 heteroatoms. The van der Waals surface area contributed by atoms with Crippen molar-refractivity contribution in [3.8, 4) is 33.4 Å². The lowest BCUT2D eigenvalue weighted by Crippen LogP contribution is -2.05. The van der Waals surface area contributed by atoms with Crippen molar-refractivity contribution in [2.75, 3.05) is 12.4 Å². The topological polar surface area (TPSA) is 115 Å². The fourth-order valence-electron chi connectivity index (χ4n) is 3.96. The Labute approximate surface area is 196 Å². The maximum atomic E-state index is 11.3. The van der Waals surface area contributed by atoms with E-state index in [9.17, 15) is 4.79 Å². The summed E-state index contributed by atoms with van der Waals surface area (Å²) < 4.78 is 1.76. The zero-order chi connectivity index (χ0) is 23.7. The predicted molar refractivity (Wildman–Crippen MR) is 135 cm³/mol. The van der Waals surface area contributed by atoms with E-state index in [2.05, 4.69) is 37.5 Å². The van der Waals surface area contributed by atoms with Gasteiger partial charge in [-0.2, -0.15) is 5.10 Å². The van der Waals surface area contributed by atoms with E-state index in [1.165, 1.54) is 6.08 Å². The number of nitrogens with one attached hydrogen (secondary N) is 2. The van der Waals surface area contributed by atoms with Gasteiger partial charge in [-0.05, 0) is 64.7 Å². The molecule has 0 aliphatic carbocycles. The van der Waals surface area contributed by atoms with Crippen molar-refractivity contribution in [3.05, 3.63) is 79.0 Å². The van der Waals surface area contributed by atoms with E-state index in [1.807, 2.05) is 63.1 Å². The first-order valence-corrected chi connectivity index (χ1v) is 10.7. The summed E-state index contributed by atoms with van der Waals surface area (Å²) in [6, 6.07) is 12.2. The molecule has 0 aliphatic heterocycles. The van der Waals surface area contributed by atoms with Crippen LogP contribution in [-0.2, 0) is 11.8 Å². The van der Waals surface area contributed by atoms with Crippen LogP contribution in [0.2, 0.25) is 0 Å². The molecule has 1 aromatic carbocycles. The number of H-pyrrole nitrogens is 1. The predicted octanol–water partition coefficient (Wildman–Crippen LogP) is 4.23. The Morgan fingerprint density at radius 2 is 1.85 bits per heavy atom. The van der Waals surface area contributed by atoms with Gasteiger partial charge in [0.25, 0.3) is 0 Å². The largest absolute Gasteiger partial charge is 0.373 e. The number of nitrogens with two attached hydrogens (primary N) is 1. The first-order valence-electron chi connectivity index (χ1n) is 10.7. The van der Waals surface area contributed by atoms with Gasteiger partial charge >= 0.3 is 0 Å². The Morgan fingerprint density at radius 1 is 1.03 bits per heavy atom. The van der Waals surface area contributed by atoms with Crippen molar-refractivity contribution >= 4 is 28.8 Å². The van der Waals surface area contributed by atoms with Crippen LogP contribution >= 0.6 is 0 Å². The maximum Gasteiger partial charge on any atom is 0.241 e. The van der Waals surface area contributed by atoms with Crippen LogP contribution in [0.1, 0.15) is 5.56 Å². The number of aromatic nitrogens is 5. The Balaban J connectivity index is 1.65. The number of aromatic amines is 1. The van der Waals surface area contributed by atoms with Gasteiger partial charge in [-0.1, -0.05) is 0 Å². The standard InChI is InChI=1S/C26H23N7O/c1-28-25-11-17(5-6-29-25)23-14-31-26-22(23)10-20(12-30-26)18-7-16(3-4-24(27)34)8-19(9-18)21-13-32-33(2)15-21/h3-15H,1-2H3,(H2,27,34)(H,28,29)(H,30,31). The SMILES string of the molecule is CNc1cc(-c2c[nH]c3ncc(-c4cc(C=CC(N)=O)cc(-c5cnn(C)c5)c4)cc23)ccn1. The Morgan fingerprint density at radius 3 is 2.59 bits per heavy atom. The van der Waals surface area contributed by atoms with Crippen molar-refractivity contribution in [2.24, 2.45) is 12.8 Å². The lowest BCUT2D eigenvalue weighted by molar-refractivity contribution is -0.113. The molecule has 5 rings (SSSR count). The first kappa shape index (κ1) is 21.1. The van der Waals surface area contributed by atoms with E-state index in [0.717, 1.165) is 55.8 Å². The first-order chi connectivity index (χ1) is 16.5. The van der Waals surface area contributed by atoms with Crippen molar-refractivity contribution in [2.45, 2.75) is 0 Å². The third-order valence-corrected chi connectivity index (χ3v) is 5.63. The summed E-state index contributed by atoms with van der Waals surface area (Å²) in [5, 5.41) is 8.38. The minimum atomic E-state index is -0.494. The monoisotopic (exact) mass is 449 g/mol. The van der Waals surface area contributed by atoms with Gasteiger partial charge in [0, 0.05) is 67.0 Å². The summed E-state index contributed by atoms with van der Waals surface area (Å²) in [5.74, 6) is 0.303. The molecule has 168 valence electrons. The van der Waals surface area contributed by atoms with Gasteiger partial charge in [0.05, 0.1) is 6.20 Å². The summed E-state index contributed by atoms with van der Waals surface area (Å²) in [6.07, 6.45) is 12.4. The number of benzene rings is 1. The number of rotatable bonds is 6. The van der Waals surface area contributed by atoms with Crippen LogP contribution in [0.15, 0.2) is 73.5 Å². The molecular formula is C26H23N7O. The number of aryl methyl sites for hydroxylation is 1. The number of hydrogen-bond donors (Lipinski definition) is 3. The Kier molecular flexibility index (Phi) is 5.39. The highest BCUT2D eigenvalue weighted by molar-refractivity contribution is 5.96. The van der Waals surface area contributed by atoms with Gasteiger partial charge in [-0.25, -0.2) is 9.97 Å². The van der Waals surface area contributed by atoms with Crippen LogP contribution in [0.3, 0.4) is 0 Å². The van der Waals surface area contributed by atoms with E-state index in [1.54, 1.807) is 17.0 Å². The summed E-state index contributed by atoms with van der Waals surface area (Å²) >= 11 is 0. The zero-order valence-corrected chi connectivity index (χ0v) is 18.8. The smallest absolute Gasteiger partial charge is 0.241 e. The van der Waals surface area contributed by atoms with Gasteiger partial charge in [-0.3, -0.25) is 9.48 Å². The molecule has 8 nitrogen and oxygen atoms in total. The summed E-state index contributed by atoms with van der Waals surface area (Å²) in [4.78, 5) is 23.6. The minimum absolute atomic E-state index is 0.494. The van der Waals surface area contributed by atoms with Crippen LogP contribution in [0.5, 0.6) is 0 Å². The fourth-order valence-corrected chi connectivity index (χ4v) is 3.96. The number of primary amides is 1. The van der Waals surface area contributed by atoms with E-state index in [-0.39, 0.29) is 0 Å². The van der Waals surface area contributed by atoms with Gasteiger partial charge < -0.3 is 16.0 Å². The third kappa shape index (κ3) is 4.16. The molecule has 0 bridgehead atoms. The number of carbonyl (C=O) groups excluding carboxylic acids is 1. The second kappa shape index (κ2) is 8.67. The molecule has 1 amide bonds. The molecule has 0 saturated heterocycles. The van der Waals surface area contributed by atoms with Crippen molar-refractivity contribution in [1.82, 2.24) is 24.7 Å². The van der Waals surface area contributed by atoms with Crippen LogP contribution in [0.25, 0.3) is 50.5 Å². The molecule has 4 aromatic heterocycles. The second-order valence-corrected chi connectivity index (χ2v) is 7.98. The highest BCUT2D eigenvalue weighted by atomic mass is 16.1. The fraction of sp³-hybridized carbons (Fsp3) is 0.0769. The summed E-state index contributed by atoms with van der Waals surface area (Å²) in [6.45, 7) is 0. The molecular weight excluding hydrogens is 426 g/mol. The molecule has 0 fully saturated rings. The summed E-state index contributed by atoms with van der Waals surface area (Å²) in [7, 11) is 3.73. The molecule has 0 radical (unpaired) electrons. The molecule has 0 unspecified atom stereocenters. The highest BCUT2D eigenvalue weighted by Gasteiger charge is 2.12. The molecule has 0 atom stereocenters.